The molecular weight excluding hydrogens is 543 g/mol. The van der Waals surface area contributed by atoms with Crippen molar-refractivity contribution in [2.45, 2.75) is 38.5 Å². The number of rotatable bonds is 9. The van der Waals surface area contributed by atoms with Gasteiger partial charge in [0.05, 0.1) is 44.6 Å². The van der Waals surface area contributed by atoms with Crippen LogP contribution in [-0.2, 0) is 16.1 Å². The minimum atomic E-state index is -0.972. The second-order valence-electron chi connectivity index (χ2n) is 9.49. The standard InChI is InChI=1S/C26H29FN6O6S/c1-15-21-23(36)32(18-5-4-10-30(2)22(18)35)26(37)31(25(21)40-24(15)33-28-8-9-29-33)14-20(39-12-11-34)17-13-16(27)6-7-19(17)38-3/h6-9,13,18,20,34H,4-5,10-12,14H2,1-3H3/t18-,20+/m1/s1. The second-order valence-corrected chi connectivity index (χ2v) is 10.5. The highest BCUT2D eigenvalue weighted by Gasteiger charge is 2.33. The number of aromatic nitrogens is 5. The van der Waals surface area contributed by atoms with Crippen LogP contribution >= 0.6 is 11.3 Å². The van der Waals surface area contributed by atoms with Gasteiger partial charge in [-0.2, -0.15) is 10.2 Å². The van der Waals surface area contributed by atoms with E-state index in [0.29, 0.717) is 46.1 Å². The van der Waals surface area contributed by atoms with Crippen molar-refractivity contribution in [1.29, 1.82) is 0 Å². The number of carbonyl (C=O) groups is 1. The van der Waals surface area contributed by atoms with Gasteiger partial charge in [-0.1, -0.05) is 11.3 Å². The number of piperidine rings is 1. The van der Waals surface area contributed by atoms with Gasteiger partial charge in [0.2, 0.25) is 5.91 Å². The van der Waals surface area contributed by atoms with E-state index in [9.17, 15) is 23.9 Å². The van der Waals surface area contributed by atoms with Gasteiger partial charge in [0.15, 0.2) is 0 Å². The Bertz CT molecular complexity index is 1660. The third-order valence-electron chi connectivity index (χ3n) is 7.06. The Morgan fingerprint density at radius 1 is 1.23 bits per heavy atom. The van der Waals surface area contributed by atoms with Crippen molar-refractivity contribution in [2.75, 3.05) is 33.9 Å². The first-order valence-electron chi connectivity index (χ1n) is 12.7. The zero-order valence-corrected chi connectivity index (χ0v) is 23.1. The predicted molar refractivity (Wildman–Crippen MR) is 145 cm³/mol. The van der Waals surface area contributed by atoms with E-state index in [1.54, 1.807) is 14.0 Å². The number of likely N-dealkylation sites (tertiary alicyclic amines) is 1. The van der Waals surface area contributed by atoms with E-state index in [-0.39, 0.29) is 31.1 Å². The Hall–Kier alpha value is -3.88. The largest absolute Gasteiger partial charge is 0.496 e. The summed E-state index contributed by atoms with van der Waals surface area (Å²) in [5.74, 6) is -0.529. The maximum Gasteiger partial charge on any atom is 0.332 e. The summed E-state index contributed by atoms with van der Waals surface area (Å²) in [6.07, 6.45) is 3.03. The lowest BCUT2D eigenvalue weighted by Gasteiger charge is -2.30. The van der Waals surface area contributed by atoms with Gasteiger partial charge in [0, 0.05) is 24.7 Å². The Labute approximate surface area is 231 Å². The molecule has 212 valence electrons. The van der Waals surface area contributed by atoms with Gasteiger partial charge in [0.1, 0.15) is 33.5 Å². The van der Waals surface area contributed by atoms with Gasteiger partial charge in [-0.15, -0.1) is 4.80 Å². The van der Waals surface area contributed by atoms with Crippen molar-refractivity contribution in [1.82, 2.24) is 29.0 Å². The van der Waals surface area contributed by atoms with Gasteiger partial charge in [-0.25, -0.2) is 13.8 Å². The molecule has 1 aliphatic heterocycles. The van der Waals surface area contributed by atoms with Gasteiger partial charge < -0.3 is 19.5 Å². The van der Waals surface area contributed by atoms with Crippen molar-refractivity contribution in [3.63, 3.8) is 0 Å². The van der Waals surface area contributed by atoms with Crippen LogP contribution in [0.5, 0.6) is 5.75 Å². The molecule has 4 aromatic rings. The number of likely N-dealkylation sites (N-methyl/N-ethyl adjacent to an activating group) is 1. The molecule has 1 fully saturated rings. The number of halogens is 1. The van der Waals surface area contributed by atoms with E-state index in [4.69, 9.17) is 9.47 Å². The average molecular weight is 573 g/mol. The van der Waals surface area contributed by atoms with Crippen LogP contribution in [0.2, 0.25) is 0 Å². The number of benzene rings is 1. The van der Waals surface area contributed by atoms with Crippen LogP contribution in [0.25, 0.3) is 15.2 Å². The highest BCUT2D eigenvalue weighted by atomic mass is 32.1. The van der Waals surface area contributed by atoms with Crippen LogP contribution in [0.3, 0.4) is 0 Å². The number of hydrogen-bond acceptors (Lipinski definition) is 9. The molecule has 1 aromatic carbocycles. The van der Waals surface area contributed by atoms with E-state index < -0.39 is 29.2 Å². The van der Waals surface area contributed by atoms with Crippen molar-refractivity contribution in [3.8, 4) is 10.8 Å². The molecule has 0 bridgehead atoms. The van der Waals surface area contributed by atoms with Gasteiger partial charge in [-0.3, -0.25) is 14.2 Å². The fourth-order valence-corrected chi connectivity index (χ4v) is 6.33. The van der Waals surface area contributed by atoms with E-state index in [1.165, 1.54) is 52.0 Å². The fourth-order valence-electron chi connectivity index (χ4n) is 5.11. The monoisotopic (exact) mass is 572 g/mol. The number of ether oxygens (including phenoxy) is 2. The molecule has 0 aliphatic carbocycles. The van der Waals surface area contributed by atoms with Gasteiger partial charge in [-0.05, 0) is 38.0 Å². The Morgan fingerprint density at radius 3 is 2.67 bits per heavy atom. The summed E-state index contributed by atoms with van der Waals surface area (Å²) in [5, 5.41) is 18.6. The molecule has 0 saturated carbocycles. The third kappa shape index (κ3) is 4.82. The molecular formula is C26H29FN6O6S. The molecule has 5 rings (SSSR count). The number of thiophene rings is 1. The molecule has 14 heteroatoms. The quantitative estimate of drug-likeness (QED) is 0.321. The molecule has 1 N–H and O–H groups in total. The highest BCUT2D eigenvalue weighted by molar-refractivity contribution is 7.21. The number of nitrogens with zero attached hydrogens (tertiary/aromatic N) is 6. The minimum absolute atomic E-state index is 0.0975. The first-order chi connectivity index (χ1) is 19.3. The first kappa shape index (κ1) is 27.7. The van der Waals surface area contributed by atoms with Crippen LogP contribution in [0, 0.1) is 12.7 Å². The maximum atomic E-state index is 14.4. The molecule has 1 saturated heterocycles. The molecule has 0 unspecified atom stereocenters. The number of hydrogen-bond donors (Lipinski definition) is 1. The lowest BCUT2D eigenvalue weighted by Crippen LogP contribution is -2.49. The molecule has 12 nitrogen and oxygen atoms in total. The molecule has 0 spiro atoms. The molecule has 1 aliphatic rings. The van der Waals surface area contributed by atoms with Crippen molar-refractivity contribution in [2.24, 2.45) is 0 Å². The summed E-state index contributed by atoms with van der Waals surface area (Å²) in [7, 11) is 3.07. The smallest absolute Gasteiger partial charge is 0.332 e. The Kier molecular flexibility index (Phi) is 7.83. The van der Waals surface area contributed by atoms with E-state index >= 15 is 0 Å². The first-order valence-corrected chi connectivity index (χ1v) is 13.5. The molecule has 0 radical (unpaired) electrons. The number of fused-ring (bicyclic) bond motifs is 1. The third-order valence-corrected chi connectivity index (χ3v) is 8.34. The van der Waals surface area contributed by atoms with Crippen LogP contribution in [0.4, 0.5) is 4.39 Å². The van der Waals surface area contributed by atoms with Crippen LogP contribution in [0.15, 0.2) is 40.2 Å². The van der Waals surface area contributed by atoms with Crippen molar-refractivity contribution in [3.05, 3.63) is 68.4 Å². The molecule has 1 amide bonds. The molecule has 2 atom stereocenters. The zero-order valence-electron chi connectivity index (χ0n) is 22.2. The number of aliphatic hydroxyl groups excluding tert-OH is 1. The summed E-state index contributed by atoms with van der Waals surface area (Å²) in [5.41, 5.74) is -0.394. The summed E-state index contributed by atoms with van der Waals surface area (Å²) in [4.78, 5) is 44.4. The van der Waals surface area contributed by atoms with E-state index in [1.807, 2.05) is 0 Å². The Morgan fingerprint density at radius 2 is 1.98 bits per heavy atom. The Balaban J connectivity index is 1.77. The predicted octanol–water partition coefficient (Wildman–Crippen LogP) is 1.81. The highest BCUT2D eigenvalue weighted by Crippen LogP contribution is 2.34. The minimum Gasteiger partial charge on any atom is -0.496 e. The van der Waals surface area contributed by atoms with E-state index in [0.717, 1.165) is 15.9 Å². The van der Waals surface area contributed by atoms with Crippen LogP contribution in [-0.4, -0.2) is 74.0 Å². The SMILES string of the molecule is COc1ccc(F)cc1[C@H](Cn1c(=O)n([C@@H]2CCCN(C)C2=O)c(=O)c2c(C)c(-n3nccn3)sc21)OCCO. The number of carbonyl (C=O) groups excluding carboxylic acids is 1. The van der Waals surface area contributed by atoms with Gasteiger partial charge in [0.25, 0.3) is 5.56 Å². The number of methoxy groups -OCH3 is 1. The summed E-state index contributed by atoms with van der Waals surface area (Å²) in [6, 6.07) is 2.97. The lowest BCUT2D eigenvalue weighted by molar-refractivity contribution is -0.136. The average Bonchev–Trinajstić information content (AvgIpc) is 3.59. The normalized spacial score (nSPS) is 16.6. The summed E-state index contributed by atoms with van der Waals surface area (Å²) < 4.78 is 28.1. The zero-order chi connectivity index (χ0) is 28.6. The lowest BCUT2D eigenvalue weighted by atomic mass is 10.0. The number of amides is 1. The summed E-state index contributed by atoms with van der Waals surface area (Å²) in [6.45, 7) is 1.71. The van der Waals surface area contributed by atoms with Crippen molar-refractivity contribution < 1.29 is 23.8 Å². The van der Waals surface area contributed by atoms with Crippen LogP contribution < -0.4 is 16.0 Å². The summed E-state index contributed by atoms with van der Waals surface area (Å²) >= 11 is 1.15. The second kappa shape index (κ2) is 11.3. The molecule has 3 aromatic heterocycles. The van der Waals surface area contributed by atoms with Crippen molar-refractivity contribution >= 4 is 27.5 Å². The fraction of sp³-hybridized carbons (Fsp3) is 0.423. The van der Waals surface area contributed by atoms with Gasteiger partial charge >= 0.3 is 5.69 Å². The molecule has 40 heavy (non-hydrogen) atoms. The topological polar surface area (TPSA) is 134 Å². The molecule has 4 heterocycles. The number of aryl methyl sites for hydroxylation is 1. The van der Waals surface area contributed by atoms with Crippen LogP contribution in [0.1, 0.15) is 36.1 Å². The maximum absolute atomic E-state index is 14.4. The number of aliphatic hydroxyl groups is 1. The van der Waals surface area contributed by atoms with E-state index in [2.05, 4.69) is 10.2 Å².